The largest absolute Gasteiger partial charge is 1.00 e. The number of carbonyl (C=O) groups excluding carboxylic acids is 7. The molecule has 0 aromatic heterocycles. The van der Waals surface area contributed by atoms with Gasteiger partial charge in [0.2, 0.25) is 23.6 Å². The number of amides is 4. The molecule has 0 spiro atoms. The minimum Gasteiger partial charge on any atom is -0.668 e. The molecule has 0 unspecified atom stereocenters. The molecule has 1 saturated heterocycles. The Labute approximate surface area is 414 Å². The summed E-state index contributed by atoms with van der Waals surface area (Å²) in [6.07, 6.45) is 2.80. The Balaban J connectivity index is 0.0000192. The second-order valence-electron chi connectivity index (χ2n) is 14.2. The standard InChI is InChI=1S/C40H64N7O12S2.K/c1-2-5-37(52)44-12-14-56-16-19-59-25-39(54)45-13-15-57-17-18-58-24-38(53)43-11-4-3-6-32(46-22-35(50)29-21-34(49)31(41)27-61-60-26-29)36(51)23-47-33(40(42)55)20-28-7-9-30(48)10-8-28;/h7-10,29,31-33,41,46-48H,2-6,11-27H2,1H3,(H2,42,55)(H,43,53)(H,44,52)(H,45,54);/q-1;+1/t29-,31-,32-,33-;/m0./s1. The fourth-order valence-corrected chi connectivity index (χ4v) is 8.10. The van der Waals surface area contributed by atoms with Gasteiger partial charge in [0, 0.05) is 44.1 Å². The van der Waals surface area contributed by atoms with Crippen LogP contribution in [0.25, 0.3) is 5.73 Å². The number of unbranched alkanes of at least 4 members (excludes halogenated alkanes) is 1. The van der Waals surface area contributed by atoms with Crippen molar-refractivity contribution >= 4 is 62.6 Å². The van der Waals surface area contributed by atoms with Crippen LogP contribution < -0.4 is 83.7 Å². The van der Waals surface area contributed by atoms with Gasteiger partial charge in [0.15, 0.2) is 11.6 Å². The van der Waals surface area contributed by atoms with Crippen molar-refractivity contribution in [3.63, 3.8) is 0 Å². The maximum absolute atomic E-state index is 13.5. The number of Topliss-reactive ketones (excluding diaryl/α,β-unsaturated/α-hetero) is 3. The van der Waals surface area contributed by atoms with E-state index in [4.69, 9.17) is 30.4 Å². The van der Waals surface area contributed by atoms with Crippen LogP contribution in [0, 0.1) is 5.92 Å². The Hall–Kier alpha value is -2.03. The molecule has 22 heteroatoms. The number of aromatic hydroxyl groups is 1. The number of ether oxygens (including phenoxy) is 4. The van der Waals surface area contributed by atoms with Crippen molar-refractivity contribution in [1.29, 1.82) is 0 Å². The summed E-state index contributed by atoms with van der Waals surface area (Å²) in [5, 5.41) is 23.7. The molecule has 0 aliphatic carbocycles. The number of phenols is 1. The van der Waals surface area contributed by atoms with Crippen molar-refractivity contribution in [2.24, 2.45) is 11.7 Å². The molecule has 2 rings (SSSR count). The summed E-state index contributed by atoms with van der Waals surface area (Å²) in [6.45, 7) is 3.79. The first-order valence-electron chi connectivity index (χ1n) is 20.6. The van der Waals surface area contributed by atoms with E-state index in [9.17, 15) is 38.7 Å². The van der Waals surface area contributed by atoms with Gasteiger partial charge >= 0.3 is 51.4 Å². The molecule has 0 radical (unpaired) electrons. The maximum Gasteiger partial charge on any atom is 1.00 e. The van der Waals surface area contributed by atoms with E-state index >= 15 is 0 Å². The topological polar surface area (TPSA) is 287 Å². The summed E-state index contributed by atoms with van der Waals surface area (Å²) in [5.41, 5.74) is 14.3. The van der Waals surface area contributed by atoms with E-state index in [0.717, 1.165) is 12.0 Å². The van der Waals surface area contributed by atoms with E-state index in [2.05, 4.69) is 26.6 Å². The number of benzene rings is 1. The van der Waals surface area contributed by atoms with Crippen molar-refractivity contribution in [1.82, 2.24) is 26.6 Å². The number of primary amides is 1. The van der Waals surface area contributed by atoms with Gasteiger partial charge in [-0.25, -0.2) is 0 Å². The number of hydrogen-bond donors (Lipinski definition) is 7. The average molecular weight is 938 g/mol. The number of nitrogens with two attached hydrogens (primary N) is 1. The van der Waals surface area contributed by atoms with Crippen LogP contribution in [-0.2, 0) is 58.9 Å². The van der Waals surface area contributed by atoms with E-state index in [1.165, 1.54) is 33.7 Å². The third kappa shape index (κ3) is 28.0. The Bertz CT molecular complexity index is 1500. The van der Waals surface area contributed by atoms with Gasteiger partial charge in [0.25, 0.3) is 0 Å². The first-order valence-corrected chi connectivity index (χ1v) is 23.1. The summed E-state index contributed by atoms with van der Waals surface area (Å²) in [7, 11) is 2.84. The van der Waals surface area contributed by atoms with Crippen LogP contribution >= 0.6 is 21.6 Å². The number of rotatable bonds is 34. The minimum absolute atomic E-state index is 0. The first-order chi connectivity index (χ1) is 29.4. The first kappa shape index (κ1) is 58.0. The van der Waals surface area contributed by atoms with Crippen LogP contribution in [0.2, 0.25) is 0 Å². The monoisotopic (exact) mass is 937 g/mol. The Morgan fingerprint density at radius 3 is 1.95 bits per heavy atom. The normalized spacial score (nSPS) is 16.2. The zero-order valence-electron chi connectivity index (χ0n) is 36.0. The molecular weight excluding hydrogens is 874 g/mol. The Kier molecular flexibility index (Phi) is 33.9. The third-order valence-corrected chi connectivity index (χ3v) is 11.6. The molecule has 1 aliphatic heterocycles. The van der Waals surface area contributed by atoms with Gasteiger partial charge in [0.05, 0.1) is 64.8 Å². The molecule has 4 amide bonds. The fourth-order valence-electron chi connectivity index (χ4n) is 5.64. The van der Waals surface area contributed by atoms with E-state index in [1.807, 2.05) is 6.92 Å². The second kappa shape index (κ2) is 36.2. The molecule has 0 saturated carbocycles. The summed E-state index contributed by atoms with van der Waals surface area (Å²) < 4.78 is 21.4. The van der Waals surface area contributed by atoms with E-state index in [0.29, 0.717) is 63.5 Å². The zero-order chi connectivity index (χ0) is 44.7. The smallest absolute Gasteiger partial charge is 0.668 e. The van der Waals surface area contributed by atoms with Crippen LogP contribution in [0.1, 0.15) is 51.0 Å². The van der Waals surface area contributed by atoms with E-state index in [1.54, 1.807) is 12.1 Å². The van der Waals surface area contributed by atoms with Crippen LogP contribution in [0.4, 0.5) is 0 Å². The molecule has 62 heavy (non-hydrogen) atoms. The summed E-state index contributed by atoms with van der Waals surface area (Å²) >= 11 is 0. The fraction of sp³-hybridized carbons (Fsp3) is 0.675. The van der Waals surface area contributed by atoms with Crippen molar-refractivity contribution in [2.45, 2.75) is 70.0 Å². The predicted octanol–water partition coefficient (Wildman–Crippen LogP) is -2.74. The zero-order valence-corrected chi connectivity index (χ0v) is 40.8. The Morgan fingerprint density at radius 2 is 1.34 bits per heavy atom. The molecule has 4 atom stereocenters. The van der Waals surface area contributed by atoms with E-state index < -0.39 is 30.0 Å². The second-order valence-corrected chi connectivity index (χ2v) is 16.7. The quantitative estimate of drug-likeness (QED) is 0.0210. The maximum atomic E-state index is 13.5. The SMILES string of the molecule is CCCC(=O)NCCOCCOCC(=O)NCCOCCOCC(=O)NCCCC[C@H](NCC(=O)[C@@H]1CSSC[C@H]([NH-])C(=O)C1)C(=O)CN[C@@H](Cc1ccc(O)cc1)C(N)=O.[K+]. The number of carbonyl (C=O) groups is 7. The van der Waals surface area contributed by atoms with Crippen molar-refractivity contribution in [3.05, 3.63) is 35.6 Å². The molecule has 0 bridgehead atoms. The van der Waals surface area contributed by atoms with Gasteiger partial charge < -0.3 is 61.6 Å². The third-order valence-electron chi connectivity index (χ3n) is 9.10. The molecular formula is C40H64KN7O12S2. The summed E-state index contributed by atoms with van der Waals surface area (Å²) in [4.78, 5) is 86.7. The molecule has 9 N–H and O–H groups in total. The number of ketones is 3. The minimum atomic E-state index is -0.880. The predicted molar refractivity (Wildman–Crippen MR) is 232 cm³/mol. The van der Waals surface area contributed by atoms with Crippen LogP contribution in [0.3, 0.4) is 0 Å². The number of hydrogen-bond acceptors (Lipinski definition) is 16. The average Bonchev–Trinajstić information content (AvgIpc) is 3.23. The van der Waals surface area contributed by atoms with Gasteiger partial charge in [-0.2, -0.15) is 0 Å². The van der Waals surface area contributed by atoms with Crippen molar-refractivity contribution in [2.75, 3.05) is 97.1 Å². The van der Waals surface area contributed by atoms with Crippen molar-refractivity contribution in [3.8, 4) is 5.75 Å². The van der Waals surface area contributed by atoms with Gasteiger partial charge in [-0.15, -0.1) is 0 Å². The van der Waals surface area contributed by atoms with E-state index in [-0.39, 0.29) is 164 Å². The molecule has 1 aliphatic rings. The number of phenolic OH excluding ortho intramolecular Hbond substituents is 1. The number of nitrogens with one attached hydrogen (secondary N) is 6. The molecule has 19 nitrogen and oxygen atoms in total. The molecule has 1 heterocycles. The Morgan fingerprint density at radius 1 is 0.774 bits per heavy atom. The van der Waals surface area contributed by atoms with Crippen LogP contribution in [0.5, 0.6) is 5.75 Å². The summed E-state index contributed by atoms with van der Waals surface area (Å²) in [5.74, 6) is -1.80. The van der Waals surface area contributed by atoms with Crippen LogP contribution in [0.15, 0.2) is 24.3 Å². The molecule has 1 aromatic rings. The molecule has 1 fully saturated rings. The van der Waals surface area contributed by atoms with Gasteiger partial charge in [-0.05, 0) is 55.6 Å². The van der Waals surface area contributed by atoms with Gasteiger partial charge in [-0.1, -0.05) is 46.7 Å². The summed E-state index contributed by atoms with van der Waals surface area (Å²) in [6, 6.07) is 3.75. The van der Waals surface area contributed by atoms with Crippen LogP contribution in [-0.4, -0.2) is 161 Å². The molecule has 344 valence electrons. The van der Waals surface area contributed by atoms with Gasteiger partial charge in [-0.3, -0.25) is 34.1 Å². The van der Waals surface area contributed by atoms with Gasteiger partial charge in [0.1, 0.15) is 24.7 Å². The van der Waals surface area contributed by atoms with Crippen molar-refractivity contribution < 1.29 is 109 Å². The molecule has 1 aromatic carbocycles.